The van der Waals surface area contributed by atoms with Gasteiger partial charge in [0, 0.05) is 18.3 Å². The molecule has 0 fully saturated rings. The molecule has 0 saturated carbocycles. The smallest absolute Gasteiger partial charge is 0.438 e. The van der Waals surface area contributed by atoms with Crippen LogP contribution in [-0.4, -0.2) is 58.7 Å². The van der Waals surface area contributed by atoms with E-state index in [9.17, 15) is 14.4 Å². The van der Waals surface area contributed by atoms with Crippen molar-refractivity contribution in [3.05, 3.63) is 24.3 Å². The zero-order valence-corrected chi connectivity index (χ0v) is 14.4. The van der Waals surface area contributed by atoms with Gasteiger partial charge in [-0.2, -0.15) is 0 Å². The Morgan fingerprint density at radius 1 is 1.00 bits per heavy atom. The Kier molecular flexibility index (Phi) is 8.62. The van der Waals surface area contributed by atoms with E-state index >= 15 is 0 Å². The van der Waals surface area contributed by atoms with Crippen LogP contribution in [0.2, 0.25) is 0 Å². The minimum absolute atomic E-state index is 0.0786. The summed E-state index contributed by atoms with van der Waals surface area (Å²) < 4.78 is 18.6. The fourth-order valence-electron chi connectivity index (χ4n) is 1.95. The fraction of sp³-hybridized carbons (Fsp3) is 0.438. The van der Waals surface area contributed by atoms with Gasteiger partial charge in [-0.1, -0.05) is 6.07 Å². The number of hydrogen-bond acceptors (Lipinski definition) is 8. The number of rotatable bonds is 8. The maximum atomic E-state index is 11.2. The van der Waals surface area contributed by atoms with Crippen LogP contribution in [0.3, 0.4) is 0 Å². The summed E-state index contributed by atoms with van der Waals surface area (Å²) in [7, 11) is 2.45. The summed E-state index contributed by atoms with van der Waals surface area (Å²) in [5.41, 5.74) is 1.38. The van der Waals surface area contributed by atoms with Crippen molar-refractivity contribution in [3.8, 4) is 0 Å². The van der Waals surface area contributed by atoms with Gasteiger partial charge in [0.05, 0.1) is 27.3 Å². The highest BCUT2D eigenvalue weighted by Crippen LogP contribution is 2.19. The van der Waals surface area contributed by atoms with Crippen molar-refractivity contribution < 1.29 is 33.3 Å². The van der Waals surface area contributed by atoms with E-state index in [0.717, 1.165) is 5.69 Å². The number of carbonyl (C=O) groups excluding carboxylic acids is 3. The fourth-order valence-corrected chi connectivity index (χ4v) is 1.95. The molecule has 0 spiro atoms. The summed E-state index contributed by atoms with van der Waals surface area (Å²) in [5, 5.41) is 2.69. The van der Waals surface area contributed by atoms with Gasteiger partial charge in [0.2, 0.25) is 5.91 Å². The highest BCUT2D eigenvalue weighted by Gasteiger charge is 2.11. The molecule has 1 N–H and O–H groups in total. The lowest BCUT2D eigenvalue weighted by Crippen LogP contribution is -2.32. The molecule has 25 heavy (non-hydrogen) atoms. The average molecular weight is 354 g/mol. The van der Waals surface area contributed by atoms with Gasteiger partial charge in [0.25, 0.3) is 0 Å². The van der Waals surface area contributed by atoms with Crippen LogP contribution >= 0.6 is 0 Å². The number of ether oxygens (including phenoxy) is 4. The lowest BCUT2D eigenvalue weighted by atomic mass is 10.2. The first-order chi connectivity index (χ1) is 12.0. The van der Waals surface area contributed by atoms with Crippen LogP contribution in [0.4, 0.5) is 21.0 Å². The lowest BCUT2D eigenvalue weighted by molar-refractivity contribution is -0.114. The van der Waals surface area contributed by atoms with E-state index < -0.39 is 12.3 Å². The Balaban J connectivity index is 2.75. The number of hydrogen-bond donors (Lipinski definition) is 1. The molecule has 0 aliphatic heterocycles. The zero-order chi connectivity index (χ0) is 18.7. The van der Waals surface area contributed by atoms with Crippen molar-refractivity contribution in [2.24, 2.45) is 0 Å². The summed E-state index contributed by atoms with van der Waals surface area (Å²) in [5.74, 6) is -0.188. The minimum Gasteiger partial charge on any atom is -0.438 e. The molecule has 1 aromatic rings. The van der Waals surface area contributed by atoms with Crippen LogP contribution in [-0.2, 0) is 23.7 Å². The van der Waals surface area contributed by atoms with Crippen LogP contribution in [0.5, 0.6) is 0 Å². The number of benzene rings is 1. The normalized spacial score (nSPS) is 9.72. The third-order valence-corrected chi connectivity index (χ3v) is 3.03. The van der Waals surface area contributed by atoms with Gasteiger partial charge in [0.15, 0.2) is 0 Å². The minimum atomic E-state index is -0.780. The molecule has 0 bridgehead atoms. The first kappa shape index (κ1) is 20.1. The summed E-state index contributed by atoms with van der Waals surface area (Å²) in [4.78, 5) is 35.1. The number of nitrogens with one attached hydrogen (secondary N) is 1. The van der Waals surface area contributed by atoms with E-state index in [0.29, 0.717) is 18.8 Å². The van der Waals surface area contributed by atoms with Crippen molar-refractivity contribution >= 4 is 29.6 Å². The highest BCUT2D eigenvalue weighted by atomic mass is 16.7. The van der Waals surface area contributed by atoms with Gasteiger partial charge < -0.3 is 29.2 Å². The number of carbonyl (C=O) groups is 3. The van der Waals surface area contributed by atoms with E-state index in [4.69, 9.17) is 9.47 Å². The SMILES string of the molecule is COC(=O)OCCN(CCOC(=O)OC)c1cccc(NC(C)=O)c1. The molecule has 138 valence electrons. The number of methoxy groups -OCH3 is 2. The molecule has 1 amide bonds. The molecule has 0 saturated heterocycles. The van der Waals surface area contributed by atoms with E-state index in [-0.39, 0.29) is 19.1 Å². The molecule has 0 radical (unpaired) electrons. The zero-order valence-electron chi connectivity index (χ0n) is 14.4. The molecule has 1 rings (SSSR count). The lowest BCUT2D eigenvalue weighted by Gasteiger charge is -2.24. The Hall–Kier alpha value is -2.97. The highest BCUT2D eigenvalue weighted by molar-refractivity contribution is 5.89. The molecular weight excluding hydrogens is 332 g/mol. The Morgan fingerprint density at radius 2 is 1.56 bits per heavy atom. The Bertz CT molecular complexity index is 570. The molecule has 0 heterocycles. The number of nitrogens with zero attached hydrogens (tertiary/aromatic N) is 1. The maximum Gasteiger partial charge on any atom is 0.508 e. The van der Waals surface area contributed by atoms with E-state index in [1.807, 2.05) is 11.0 Å². The molecule has 1 aromatic carbocycles. The van der Waals surface area contributed by atoms with Crippen LogP contribution in [0.25, 0.3) is 0 Å². The predicted molar refractivity (Wildman–Crippen MR) is 89.7 cm³/mol. The van der Waals surface area contributed by atoms with Crippen molar-refractivity contribution in [2.75, 3.05) is 50.7 Å². The van der Waals surface area contributed by atoms with Crippen LogP contribution in [0.1, 0.15) is 6.92 Å². The van der Waals surface area contributed by atoms with E-state index in [1.54, 1.807) is 18.2 Å². The monoisotopic (exact) mass is 354 g/mol. The second-order valence-electron chi connectivity index (χ2n) is 4.82. The van der Waals surface area contributed by atoms with Gasteiger partial charge in [-0.25, -0.2) is 9.59 Å². The maximum absolute atomic E-state index is 11.2. The molecule has 9 nitrogen and oxygen atoms in total. The van der Waals surface area contributed by atoms with Gasteiger partial charge >= 0.3 is 12.3 Å². The second kappa shape index (κ2) is 10.7. The van der Waals surface area contributed by atoms with Crippen LogP contribution in [0.15, 0.2) is 24.3 Å². The summed E-state index contributed by atoms with van der Waals surface area (Å²) in [6.45, 7) is 2.25. The third-order valence-electron chi connectivity index (χ3n) is 3.03. The van der Waals surface area contributed by atoms with E-state index in [2.05, 4.69) is 14.8 Å². The predicted octanol–water partition coefficient (Wildman–Crippen LogP) is 2.02. The third kappa shape index (κ3) is 7.91. The molecule has 0 atom stereocenters. The Morgan fingerprint density at radius 3 is 2.04 bits per heavy atom. The largest absolute Gasteiger partial charge is 0.508 e. The summed E-state index contributed by atoms with van der Waals surface area (Å²) in [6, 6.07) is 7.11. The molecule has 0 aromatic heterocycles. The first-order valence-electron chi connectivity index (χ1n) is 7.50. The number of amides is 1. The quantitative estimate of drug-likeness (QED) is 0.707. The van der Waals surface area contributed by atoms with Crippen molar-refractivity contribution in [2.45, 2.75) is 6.92 Å². The molecule has 0 unspecified atom stereocenters. The molecule has 0 aliphatic carbocycles. The van der Waals surface area contributed by atoms with Gasteiger partial charge in [-0.05, 0) is 18.2 Å². The van der Waals surface area contributed by atoms with Crippen molar-refractivity contribution in [3.63, 3.8) is 0 Å². The Labute approximate surface area is 145 Å². The summed E-state index contributed by atoms with van der Waals surface area (Å²) in [6.07, 6.45) is -1.56. The molecule has 9 heteroatoms. The van der Waals surface area contributed by atoms with Gasteiger partial charge in [-0.3, -0.25) is 4.79 Å². The first-order valence-corrected chi connectivity index (χ1v) is 7.50. The van der Waals surface area contributed by atoms with Gasteiger partial charge in [-0.15, -0.1) is 0 Å². The van der Waals surface area contributed by atoms with Crippen LogP contribution in [0, 0.1) is 0 Å². The second-order valence-corrected chi connectivity index (χ2v) is 4.82. The van der Waals surface area contributed by atoms with Crippen molar-refractivity contribution in [1.29, 1.82) is 0 Å². The topological polar surface area (TPSA) is 103 Å². The van der Waals surface area contributed by atoms with E-state index in [1.165, 1.54) is 21.1 Å². The van der Waals surface area contributed by atoms with Crippen LogP contribution < -0.4 is 10.2 Å². The number of anilines is 2. The molecular formula is C16H22N2O7. The standard InChI is InChI=1S/C16H22N2O7/c1-12(19)17-13-5-4-6-14(11-13)18(7-9-24-15(20)22-2)8-10-25-16(21)23-3/h4-6,11H,7-10H2,1-3H3,(H,17,19). The average Bonchev–Trinajstić information content (AvgIpc) is 2.59. The molecule has 0 aliphatic rings. The summed E-state index contributed by atoms with van der Waals surface area (Å²) >= 11 is 0. The van der Waals surface area contributed by atoms with Gasteiger partial charge in [0.1, 0.15) is 13.2 Å². The van der Waals surface area contributed by atoms with Crippen molar-refractivity contribution in [1.82, 2.24) is 0 Å².